The highest BCUT2D eigenvalue weighted by Gasteiger charge is 2.42. The molecule has 0 spiro atoms. The van der Waals surface area contributed by atoms with E-state index in [9.17, 15) is 0 Å². The average Bonchev–Trinajstić information content (AvgIpc) is 2.39. The quantitative estimate of drug-likeness (QED) is 0.561. The summed E-state index contributed by atoms with van der Waals surface area (Å²) >= 11 is 0. The fourth-order valence-electron chi connectivity index (χ4n) is 3.58. The van der Waals surface area contributed by atoms with Crippen molar-refractivity contribution >= 4 is 0 Å². The number of rotatable bonds is 7. The van der Waals surface area contributed by atoms with E-state index in [2.05, 4.69) is 44.1 Å². The van der Waals surface area contributed by atoms with Gasteiger partial charge in [0.25, 0.3) is 0 Å². The second-order valence-corrected chi connectivity index (χ2v) is 6.39. The van der Waals surface area contributed by atoms with Crippen molar-refractivity contribution in [1.29, 1.82) is 0 Å². The van der Waals surface area contributed by atoms with E-state index >= 15 is 0 Å². The molecule has 1 aliphatic rings. The first-order valence-corrected chi connectivity index (χ1v) is 7.91. The summed E-state index contributed by atoms with van der Waals surface area (Å²) in [4.78, 5) is 2.47. The number of nitrogens with zero attached hydrogens (tertiary/aromatic N) is 1. The number of hydrogen-bond acceptors (Lipinski definition) is 2. The van der Waals surface area contributed by atoms with Crippen molar-refractivity contribution in [3.05, 3.63) is 0 Å². The number of hydrogen-bond donors (Lipinski definition) is 1. The zero-order chi connectivity index (χ0) is 14.3. The Labute approximate surface area is 120 Å². The molecular weight excluding hydrogens is 232 g/mol. The van der Waals surface area contributed by atoms with Crippen molar-refractivity contribution in [2.24, 2.45) is 5.92 Å². The van der Waals surface area contributed by atoms with Crippen LogP contribution in [-0.4, -0.2) is 37.1 Å². The topological polar surface area (TPSA) is 15.3 Å². The van der Waals surface area contributed by atoms with Gasteiger partial charge in [0, 0.05) is 18.0 Å². The molecule has 0 aliphatic heterocycles. The zero-order valence-corrected chi connectivity index (χ0v) is 13.3. The Morgan fingerprint density at radius 2 is 2.00 bits per heavy atom. The van der Waals surface area contributed by atoms with Crippen molar-refractivity contribution in [3.8, 4) is 12.3 Å². The molecule has 1 saturated carbocycles. The van der Waals surface area contributed by atoms with E-state index in [1.54, 1.807) is 0 Å². The third-order valence-electron chi connectivity index (χ3n) is 4.94. The predicted octanol–water partition coefficient (Wildman–Crippen LogP) is 3.28. The Hall–Kier alpha value is -0.520. The van der Waals surface area contributed by atoms with Gasteiger partial charge in [0.2, 0.25) is 0 Å². The molecule has 0 heterocycles. The third-order valence-corrected chi connectivity index (χ3v) is 4.94. The summed E-state index contributed by atoms with van der Waals surface area (Å²) in [6.45, 7) is 5.65. The van der Waals surface area contributed by atoms with Crippen LogP contribution in [0.2, 0.25) is 0 Å². The van der Waals surface area contributed by atoms with Gasteiger partial charge in [0.1, 0.15) is 0 Å². The van der Waals surface area contributed by atoms with Gasteiger partial charge in [-0.05, 0) is 65.1 Å². The smallest absolute Gasteiger partial charge is 0.0356 e. The molecule has 1 unspecified atom stereocenters. The molecule has 1 aliphatic carbocycles. The van der Waals surface area contributed by atoms with Crippen LogP contribution in [-0.2, 0) is 0 Å². The lowest BCUT2D eigenvalue weighted by molar-refractivity contribution is 0.0403. The van der Waals surface area contributed by atoms with Crippen LogP contribution in [0.1, 0.15) is 58.8 Å². The molecule has 1 fully saturated rings. The van der Waals surface area contributed by atoms with Gasteiger partial charge in [0.15, 0.2) is 0 Å². The van der Waals surface area contributed by atoms with E-state index in [4.69, 9.17) is 6.42 Å². The molecule has 1 rings (SSSR count). The molecule has 0 aromatic rings. The fraction of sp³-hybridized carbons (Fsp3) is 0.882. The monoisotopic (exact) mass is 264 g/mol. The van der Waals surface area contributed by atoms with Crippen LogP contribution in [0.5, 0.6) is 0 Å². The van der Waals surface area contributed by atoms with Crippen LogP contribution in [0.25, 0.3) is 0 Å². The summed E-state index contributed by atoms with van der Waals surface area (Å²) in [7, 11) is 4.50. The second kappa shape index (κ2) is 7.92. The molecule has 1 N–H and O–H groups in total. The highest BCUT2D eigenvalue weighted by atomic mass is 15.2. The molecular formula is C17H32N2. The van der Waals surface area contributed by atoms with E-state index < -0.39 is 0 Å². The predicted molar refractivity (Wildman–Crippen MR) is 84.2 cm³/mol. The Morgan fingerprint density at radius 1 is 1.37 bits per heavy atom. The SMILES string of the molecule is C#CCCCC(NCC)C1(N(C)C)CCC(C)CC1. The van der Waals surface area contributed by atoms with Crippen molar-refractivity contribution in [3.63, 3.8) is 0 Å². The van der Waals surface area contributed by atoms with Gasteiger partial charge in [-0.25, -0.2) is 0 Å². The minimum Gasteiger partial charge on any atom is -0.312 e. The molecule has 2 nitrogen and oxygen atoms in total. The minimum atomic E-state index is 0.330. The summed E-state index contributed by atoms with van der Waals surface area (Å²) in [5.74, 6) is 3.67. The van der Waals surface area contributed by atoms with Gasteiger partial charge in [-0.2, -0.15) is 0 Å². The fourth-order valence-corrected chi connectivity index (χ4v) is 3.58. The Bertz CT molecular complexity index is 282. The molecule has 0 radical (unpaired) electrons. The van der Waals surface area contributed by atoms with E-state index in [1.807, 2.05) is 0 Å². The first-order chi connectivity index (χ1) is 9.06. The molecule has 0 saturated heterocycles. The maximum atomic E-state index is 5.40. The number of terminal acetylenes is 1. The van der Waals surface area contributed by atoms with Crippen molar-refractivity contribution in [2.45, 2.75) is 70.4 Å². The molecule has 1 atom stereocenters. The van der Waals surface area contributed by atoms with Gasteiger partial charge in [-0.1, -0.05) is 13.8 Å². The first kappa shape index (κ1) is 16.5. The van der Waals surface area contributed by atoms with Gasteiger partial charge in [-0.3, -0.25) is 0 Å². The van der Waals surface area contributed by atoms with Crippen LogP contribution in [0, 0.1) is 18.3 Å². The molecule has 2 heteroatoms. The number of nitrogens with one attached hydrogen (secondary N) is 1. The highest BCUT2D eigenvalue weighted by molar-refractivity contribution is 5.01. The second-order valence-electron chi connectivity index (χ2n) is 6.39. The van der Waals surface area contributed by atoms with Crippen LogP contribution < -0.4 is 5.32 Å². The van der Waals surface area contributed by atoms with Crippen molar-refractivity contribution in [2.75, 3.05) is 20.6 Å². The van der Waals surface area contributed by atoms with E-state index in [0.717, 1.165) is 25.3 Å². The highest BCUT2D eigenvalue weighted by Crippen LogP contribution is 2.39. The van der Waals surface area contributed by atoms with E-state index in [-0.39, 0.29) is 0 Å². The maximum absolute atomic E-state index is 5.40. The van der Waals surface area contributed by atoms with Gasteiger partial charge >= 0.3 is 0 Å². The maximum Gasteiger partial charge on any atom is 0.0356 e. The van der Waals surface area contributed by atoms with Crippen molar-refractivity contribution in [1.82, 2.24) is 10.2 Å². The largest absolute Gasteiger partial charge is 0.312 e. The summed E-state index contributed by atoms with van der Waals surface area (Å²) in [5, 5.41) is 3.74. The van der Waals surface area contributed by atoms with Gasteiger partial charge < -0.3 is 10.2 Å². The van der Waals surface area contributed by atoms with Gasteiger partial charge in [-0.15, -0.1) is 12.3 Å². The Morgan fingerprint density at radius 3 is 2.47 bits per heavy atom. The first-order valence-electron chi connectivity index (χ1n) is 7.91. The molecule has 110 valence electrons. The lowest BCUT2D eigenvalue weighted by Gasteiger charge is -2.50. The van der Waals surface area contributed by atoms with E-state index in [0.29, 0.717) is 11.6 Å². The van der Waals surface area contributed by atoms with E-state index in [1.165, 1.54) is 32.1 Å². The van der Waals surface area contributed by atoms with Crippen LogP contribution in [0.3, 0.4) is 0 Å². The normalized spacial score (nSPS) is 29.2. The molecule has 0 aromatic heterocycles. The summed E-state index contributed by atoms with van der Waals surface area (Å²) in [5.41, 5.74) is 0.330. The number of unbranched alkanes of at least 4 members (excludes halogenated alkanes) is 1. The number of likely N-dealkylation sites (N-methyl/N-ethyl adjacent to an activating group) is 2. The lowest BCUT2D eigenvalue weighted by Crippen LogP contribution is -2.60. The zero-order valence-electron chi connectivity index (χ0n) is 13.3. The molecule has 0 amide bonds. The summed E-state index contributed by atoms with van der Waals surface area (Å²) < 4.78 is 0. The summed E-state index contributed by atoms with van der Waals surface area (Å²) in [6, 6.07) is 0.577. The van der Waals surface area contributed by atoms with Gasteiger partial charge in [0.05, 0.1) is 0 Å². The average molecular weight is 264 g/mol. The standard InChI is InChI=1S/C17H32N2/c1-6-8-9-10-16(18-7-2)17(19(4)5)13-11-15(3)12-14-17/h1,15-16,18H,7-14H2,2-5H3. The molecule has 0 bridgehead atoms. The Kier molecular flexibility index (Phi) is 6.89. The summed E-state index contributed by atoms with van der Waals surface area (Å²) in [6.07, 6.45) is 14.0. The third kappa shape index (κ3) is 4.23. The van der Waals surface area contributed by atoms with Crippen LogP contribution in [0.4, 0.5) is 0 Å². The Balaban J connectivity index is 2.77. The lowest BCUT2D eigenvalue weighted by atomic mass is 9.71. The van der Waals surface area contributed by atoms with Crippen molar-refractivity contribution < 1.29 is 0 Å². The molecule has 0 aromatic carbocycles. The van der Waals surface area contributed by atoms with Crippen LogP contribution in [0.15, 0.2) is 0 Å². The molecule has 19 heavy (non-hydrogen) atoms. The van der Waals surface area contributed by atoms with Crippen LogP contribution >= 0.6 is 0 Å². The minimum absolute atomic E-state index is 0.330.